The van der Waals surface area contributed by atoms with Gasteiger partial charge < -0.3 is 4.43 Å². The third-order valence-corrected chi connectivity index (χ3v) is 8.63. The van der Waals surface area contributed by atoms with Gasteiger partial charge in [0.15, 0.2) is 8.32 Å². The Kier molecular flexibility index (Phi) is 3.71. The second-order valence-corrected chi connectivity index (χ2v) is 11.1. The van der Waals surface area contributed by atoms with Gasteiger partial charge in [0.25, 0.3) is 0 Å². The molecule has 0 amide bonds. The molecule has 0 aromatic rings. The van der Waals surface area contributed by atoms with Crippen molar-refractivity contribution in [1.29, 1.82) is 0 Å². The molecule has 1 saturated carbocycles. The van der Waals surface area contributed by atoms with Gasteiger partial charge in [0.1, 0.15) is 0 Å². The SMILES string of the molecule is CC(C)(C)[Si](C)(C)OC[C@@H]1C[C@@H]1CCl. The van der Waals surface area contributed by atoms with Gasteiger partial charge in [-0.2, -0.15) is 0 Å². The highest BCUT2D eigenvalue weighted by Gasteiger charge is 2.41. The summed E-state index contributed by atoms with van der Waals surface area (Å²) in [6, 6.07) is 0. The van der Waals surface area contributed by atoms with Crippen molar-refractivity contribution in [1.82, 2.24) is 0 Å². The van der Waals surface area contributed by atoms with Gasteiger partial charge in [0, 0.05) is 12.5 Å². The Hall–Kier alpha value is 0.467. The predicted molar refractivity (Wildman–Crippen MR) is 65.5 cm³/mol. The summed E-state index contributed by atoms with van der Waals surface area (Å²) in [4.78, 5) is 0. The Morgan fingerprint density at radius 3 is 2.21 bits per heavy atom. The molecule has 14 heavy (non-hydrogen) atoms. The van der Waals surface area contributed by atoms with E-state index in [1.165, 1.54) is 6.42 Å². The van der Waals surface area contributed by atoms with E-state index < -0.39 is 8.32 Å². The molecular formula is C11H23ClOSi. The highest BCUT2D eigenvalue weighted by molar-refractivity contribution is 6.74. The van der Waals surface area contributed by atoms with Crippen molar-refractivity contribution in [2.45, 2.75) is 45.3 Å². The second-order valence-electron chi connectivity index (χ2n) is 5.98. The van der Waals surface area contributed by atoms with Crippen LogP contribution in [0.25, 0.3) is 0 Å². The van der Waals surface area contributed by atoms with Gasteiger partial charge >= 0.3 is 0 Å². The lowest BCUT2D eigenvalue weighted by atomic mass is 10.2. The predicted octanol–water partition coefficient (Wildman–Crippen LogP) is 3.88. The Labute approximate surface area is 94.3 Å². The maximum absolute atomic E-state index is 6.13. The summed E-state index contributed by atoms with van der Waals surface area (Å²) in [6.07, 6.45) is 1.28. The zero-order valence-electron chi connectivity index (χ0n) is 10.1. The molecule has 2 atom stereocenters. The maximum Gasteiger partial charge on any atom is 0.191 e. The minimum atomic E-state index is -1.51. The first-order valence-corrected chi connectivity index (χ1v) is 8.92. The summed E-state index contributed by atoms with van der Waals surface area (Å²) in [5.41, 5.74) is 0. The van der Waals surface area contributed by atoms with Gasteiger partial charge in [0.05, 0.1) is 0 Å². The van der Waals surface area contributed by atoms with Crippen LogP contribution in [0.1, 0.15) is 27.2 Å². The van der Waals surface area contributed by atoms with Gasteiger partial charge in [0.2, 0.25) is 0 Å². The van der Waals surface area contributed by atoms with Gasteiger partial charge in [-0.1, -0.05) is 20.8 Å². The molecule has 1 rings (SSSR count). The van der Waals surface area contributed by atoms with E-state index in [-0.39, 0.29) is 0 Å². The van der Waals surface area contributed by atoms with Crippen LogP contribution in [-0.4, -0.2) is 20.8 Å². The van der Waals surface area contributed by atoms with Crippen LogP contribution < -0.4 is 0 Å². The molecule has 84 valence electrons. The van der Waals surface area contributed by atoms with Crippen LogP contribution in [0.3, 0.4) is 0 Å². The van der Waals surface area contributed by atoms with Crippen LogP contribution in [0, 0.1) is 11.8 Å². The van der Waals surface area contributed by atoms with E-state index in [0.717, 1.165) is 24.3 Å². The first-order chi connectivity index (χ1) is 6.28. The molecule has 1 fully saturated rings. The molecule has 1 nitrogen and oxygen atoms in total. The van der Waals surface area contributed by atoms with Crippen LogP contribution >= 0.6 is 11.6 Å². The molecule has 0 aliphatic heterocycles. The Bertz CT molecular complexity index is 198. The number of halogens is 1. The van der Waals surface area contributed by atoms with Crippen molar-refractivity contribution >= 4 is 19.9 Å². The van der Waals surface area contributed by atoms with Crippen molar-refractivity contribution in [3.8, 4) is 0 Å². The number of alkyl halides is 1. The molecule has 0 spiro atoms. The number of rotatable bonds is 4. The second kappa shape index (κ2) is 4.15. The average Bonchev–Trinajstić information content (AvgIpc) is 2.77. The number of hydrogen-bond acceptors (Lipinski definition) is 1. The van der Waals surface area contributed by atoms with Gasteiger partial charge in [-0.05, 0) is 36.4 Å². The molecule has 3 heteroatoms. The Balaban J connectivity index is 2.31. The molecule has 0 radical (unpaired) electrons. The lowest BCUT2D eigenvalue weighted by Crippen LogP contribution is -2.41. The van der Waals surface area contributed by atoms with E-state index in [9.17, 15) is 0 Å². The van der Waals surface area contributed by atoms with E-state index in [2.05, 4.69) is 33.9 Å². The Morgan fingerprint density at radius 2 is 1.86 bits per heavy atom. The molecule has 0 unspecified atom stereocenters. The third kappa shape index (κ3) is 2.98. The van der Waals surface area contributed by atoms with Crippen LogP contribution in [0.15, 0.2) is 0 Å². The summed E-state index contributed by atoms with van der Waals surface area (Å²) in [7, 11) is -1.51. The van der Waals surface area contributed by atoms with E-state index in [1.54, 1.807) is 0 Å². The van der Waals surface area contributed by atoms with Crippen molar-refractivity contribution in [2.75, 3.05) is 12.5 Å². The lowest BCUT2D eigenvalue weighted by Gasteiger charge is -2.36. The van der Waals surface area contributed by atoms with E-state index in [1.807, 2.05) is 0 Å². The van der Waals surface area contributed by atoms with E-state index in [0.29, 0.717) is 5.04 Å². The lowest BCUT2D eigenvalue weighted by molar-refractivity contribution is 0.267. The number of hydrogen-bond donors (Lipinski definition) is 0. The minimum absolute atomic E-state index is 0.332. The Morgan fingerprint density at radius 1 is 1.29 bits per heavy atom. The fourth-order valence-corrected chi connectivity index (χ4v) is 2.68. The van der Waals surface area contributed by atoms with Gasteiger partial charge in [-0.3, -0.25) is 0 Å². The van der Waals surface area contributed by atoms with Gasteiger partial charge in [-0.15, -0.1) is 11.6 Å². The molecule has 0 aromatic carbocycles. The smallest absolute Gasteiger partial charge is 0.191 e. The minimum Gasteiger partial charge on any atom is -0.417 e. The fourth-order valence-electron chi connectivity index (χ4n) is 1.24. The normalized spacial score (nSPS) is 27.9. The molecule has 0 saturated heterocycles. The molecule has 0 heterocycles. The highest BCUT2D eigenvalue weighted by Crippen LogP contribution is 2.42. The van der Waals surface area contributed by atoms with Gasteiger partial charge in [-0.25, -0.2) is 0 Å². The van der Waals surface area contributed by atoms with Crippen LogP contribution in [0.2, 0.25) is 18.1 Å². The first kappa shape index (κ1) is 12.5. The summed E-state index contributed by atoms with van der Waals surface area (Å²) in [5.74, 6) is 2.30. The molecule has 1 aliphatic carbocycles. The maximum atomic E-state index is 6.13. The summed E-state index contributed by atoms with van der Waals surface area (Å²) < 4.78 is 6.13. The molecule has 1 aliphatic rings. The summed E-state index contributed by atoms with van der Waals surface area (Å²) in [5, 5.41) is 0.332. The van der Waals surface area contributed by atoms with E-state index in [4.69, 9.17) is 16.0 Å². The van der Waals surface area contributed by atoms with Crippen molar-refractivity contribution < 1.29 is 4.43 Å². The fraction of sp³-hybridized carbons (Fsp3) is 1.00. The largest absolute Gasteiger partial charge is 0.417 e. The van der Waals surface area contributed by atoms with Crippen LogP contribution in [0.4, 0.5) is 0 Å². The molecule has 0 aromatic heterocycles. The van der Waals surface area contributed by atoms with Crippen LogP contribution in [-0.2, 0) is 4.43 Å². The average molecular weight is 235 g/mol. The van der Waals surface area contributed by atoms with Crippen molar-refractivity contribution in [3.63, 3.8) is 0 Å². The standard InChI is InChI=1S/C11H23ClOSi/c1-11(2,3)14(4,5)13-8-10-6-9(10)7-12/h9-10H,6-8H2,1-5H3/t9-,10+/m1/s1. The quantitative estimate of drug-likeness (QED) is 0.530. The molecule has 0 N–H and O–H groups in total. The third-order valence-electron chi connectivity index (χ3n) is 3.73. The topological polar surface area (TPSA) is 9.23 Å². The molecular weight excluding hydrogens is 212 g/mol. The van der Waals surface area contributed by atoms with E-state index >= 15 is 0 Å². The summed E-state index contributed by atoms with van der Waals surface area (Å²) >= 11 is 5.79. The highest BCUT2D eigenvalue weighted by atomic mass is 35.5. The summed E-state index contributed by atoms with van der Waals surface area (Å²) in [6.45, 7) is 12.4. The molecule has 0 bridgehead atoms. The zero-order valence-corrected chi connectivity index (χ0v) is 11.8. The van der Waals surface area contributed by atoms with Crippen molar-refractivity contribution in [2.24, 2.45) is 11.8 Å². The first-order valence-electron chi connectivity index (χ1n) is 5.48. The van der Waals surface area contributed by atoms with Crippen molar-refractivity contribution in [3.05, 3.63) is 0 Å². The van der Waals surface area contributed by atoms with Crippen LogP contribution in [0.5, 0.6) is 0 Å². The zero-order chi connectivity index (χ0) is 11.0. The monoisotopic (exact) mass is 234 g/mol.